The second kappa shape index (κ2) is 12.1. The molecule has 2 N–H and O–H groups in total. The van der Waals surface area contributed by atoms with Crippen LogP contribution in [-0.2, 0) is 17.9 Å². The number of guanidine groups is 1. The maximum Gasteiger partial charge on any atom is 0.191 e. The molecule has 1 unspecified atom stereocenters. The zero-order valence-corrected chi connectivity index (χ0v) is 19.0. The molecule has 6 nitrogen and oxygen atoms in total. The molecule has 1 aromatic heterocycles. The van der Waals surface area contributed by atoms with Gasteiger partial charge in [0, 0.05) is 27.2 Å². The molecule has 0 amide bonds. The number of halogens is 1. The lowest BCUT2D eigenvalue weighted by Gasteiger charge is -2.26. The summed E-state index contributed by atoms with van der Waals surface area (Å²) >= 11 is 0. The standard InChI is InChI=1S/C21H30N4O2.HI/c1-22-21(23-14-17-7-9-18(10-8-17)16-26-2)24-15-19(20-6-5-13-27-20)25-11-3-4-12-25;/h5-10,13,19H,3-4,11-12,14-16H2,1-2H3,(H2,22,23,24);1H. The molecule has 0 aliphatic carbocycles. The number of rotatable bonds is 8. The van der Waals surface area contributed by atoms with Crippen molar-refractivity contribution in [1.82, 2.24) is 15.5 Å². The minimum atomic E-state index is 0. The van der Waals surface area contributed by atoms with Crippen LogP contribution in [0.2, 0.25) is 0 Å². The van der Waals surface area contributed by atoms with E-state index in [4.69, 9.17) is 9.15 Å². The molecular formula is C21H31IN4O2. The molecule has 3 rings (SSSR count). The van der Waals surface area contributed by atoms with Crippen molar-refractivity contribution >= 4 is 29.9 Å². The average molecular weight is 498 g/mol. The summed E-state index contributed by atoms with van der Waals surface area (Å²) in [5.41, 5.74) is 2.38. The Hall–Kier alpha value is -1.58. The van der Waals surface area contributed by atoms with Crippen LogP contribution in [0.15, 0.2) is 52.1 Å². The van der Waals surface area contributed by atoms with E-state index < -0.39 is 0 Å². The zero-order chi connectivity index (χ0) is 18.9. The van der Waals surface area contributed by atoms with E-state index in [-0.39, 0.29) is 30.0 Å². The van der Waals surface area contributed by atoms with E-state index in [1.54, 1.807) is 20.4 Å². The van der Waals surface area contributed by atoms with Gasteiger partial charge in [-0.25, -0.2) is 0 Å². The predicted octanol–water partition coefficient (Wildman–Crippen LogP) is 3.55. The lowest BCUT2D eigenvalue weighted by atomic mass is 10.1. The number of likely N-dealkylation sites (tertiary alicyclic amines) is 1. The number of furan rings is 1. The molecule has 7 heteroatoms. The Bertz CT molecular complexity index is 698. The van der Waals surface area contributed by atoms with Gasteiger partial charge in [-0.2, -0.15) is 0 Å². The lowest BCUT2D eigenvalue weighted by molar-refractivity contribution is 0.185. The first kappa shape index (κ1) is 22.7. The summed E-state index contributed by atoms with van der Waals surface area (Å²) in [7, 11) is 3.51. The minimum Gasteiger partial charge on any atom is -0.468 e. The second-order valence-electron chi connectivity index (χ2n) is 6.83. The molecule has 28 heavy (non-hydrogen) atoms. The maximum atomic E-state index is 5.68. The van der Waals surface area contributed by atoms with Crippen LogP contribution in [0, 0.1) is 0 Å². The molecular weight excluding hydrogens is 467 g/mol. The van der Waals surface area contributed by atoms with Crippen LogP contribution < -0.4 is 10.6 Å². The highest BCUT2D eigenvalue weighted by Gasteiger charge is 2.25. The third-order valence-electron chi connectivity index (χ3n) is 4.93. The summed E-state index contributed by atoms with van der Waals surface area (Å²) in [6.45, 7) is 4.36. The molecule has 1 aliphatic heterocycles. The first-order valence-corrected chi connectivity index (χ1v) is 9.59. The van der Waals surface area contributed by atoms with Crippen molar-refractivity contribution in [2.24, 2.45) is 4.99 Å². The molecule has 1 fully saturated rings. The second-order valence-corrected chi connectivity index (χ2v) is 6.83. The van der Waals surface area contributed by atoms with Gasteiger partial charge in [-0.15, -0.1) is 24.0 Å². The van der Waals surface area contributed by atoms with Crippen LogP contribution in [0.5, 0.6) is 0 Å². The summed E-state index contributed by atoms with van der Waals surface area (Å²) < 4.78 is 10.8. The number of hydrogen-bond donors (Lipinski definition) is 2. The first-order chi connectivity index (χ1) is 13.3. The molecule has 0 spiro atoms. The van der Waals surface area contributed by atoms with E-state index >= 15 is 0 Å². The van der Waals surface area contributed by atoms with Gasteiger partial charge in [-0.3, -0.25) is 9.89 Å². The van der Waals surface area contributed by atoms with Crippen LogP contribution in [0.25, 0.3) is 0 Å². The van der Waals surface area contributed by atoms with E-state index in [2.05, 4.69) is 50.9 Å². The molecule has 1 saturated heterocycles. The highest BCUT2D eigenvalue weighted by molar-refractivity contribution is 14.0. The Labute approximate surface area is 184 Å². The highest BCUT2D eigenvalue weighted by atomic mass is 127. The third kappa shape index (κ3) is 6.49. The SMILES string of the molecule is CN=C(NCc1ccc(COC)cc1)NCC(c1ccco1)N1CCCC1.I. The zero-order valence-electron chi connectivity index (χ0n) is 16.7. The van der Waals surface area contributed by atoms with Crippen LogP contribution >= 0.6 is 24.0 Å². The number of aliphatic imine (C=N–C) groups is 1. The fourth-order valence-electron chi connectivity index (χ4n) is 3.46. The monoisotopic (exact) mass is 498 g/mol. The molecule has 2 aromatic rings. The van der Waals surface area contributed by atoms with Crippen molar-refractivity contribution in [3.63, 3.8) is 0 Å². The van der Waals surface area contributed by atoms with Gasteiger partial charge >= 0.3 is 0 Å². The van der Waals surface area contributed by atoms with Gasteiger partial charge < -0.3 is 19.8 Å². The van der Waals surface area contributed by atoms with Crippen LogP contribution in [0.1, 0.15) is 35.8 Å². The molecule has 154 valence electrons. The molecule has 0 bridgehead atoms. The topological polar surface area (TPSA) is 62.0 Å². The maximum absolute atomic E-state index is 5.68. The molecule has 2 heterocycles. The van der Waals surface area contributed by atoms with Crippen molar-refractivity contribution in [1.29, 1.82) is 0 Å². The van der Waals surface area contributed by atoms with Crippen LogP contribution in [0.4, 0.5) is 0 Å². The Morgan fingerprint density at radius 2 is 1.86 bits per heavy atom. The quantitative estimate of drug-likeness (QED) is 0.331. The minimum absolute atomic E-state index is 0. The van der Waals surface area contributed by atoms with E-state index in [1.165, 1.54) is 24.0 Å². The van der Waals surface area contributed by atoms with Gasteiger partial charge in [-0.1, -0.05) is 24.3 Å². The summed E-state index contributed by atoms with van der Waals surface area (Å²) in [5.74, 6) is 1.81. The number of nitrogens with zero attached hydrogens (tertiary/aromatic N) is 2. The van der Waals surface area contributed by atoms with Gasteiger partial charge in [0.15, 0.2) is 5.96 Å². The Kier molecular flexibility index (Phi) is 9.80. The fourth-order valence-corrected chi connectivity index (χ4v) is 3.46. The van der Waals surface area contributed by atoms with E-state index in [0.29, 0.717) is 6.61 Å². The van der Waals surface area contributed by atoms with Crippen molar-refractivity contribution in [3.05, 3.63) is 59.5 Å². The molecule has 1 atom stereocenters. The molecule has 1 aromatic carbocycles. The van der Waals surface area contributed by atoms with Crippen LogP contribution in [-0.4, -0.2) is 44.7 Å². The van der Waals surface area contributed by atoms with E-state index in [1.807, 2.05) is 6.07 Å². The summed E-state index contributed by atoms with van der Waals surface area (Å²) in [5, 5.41) is 6.84. The number of hydrogen-bond acceptors (Lipinski definition) is 4. The lowest BCUT2D eigenvalue weighted by Crippen LogP contribution is -2.42. The summed E-state index contributed by atoms with van der Waals surface area (Å²) in [4.78, 5) is 6.84. The first-order valence-electron chi connectivity index (χ1n) is 9.59. The van der Waals surface area contributed by atoms with Crippen molar-refractivity contribution in [2.75, 3.05) is 33.8 Å². The normalized spacial score (nSPS) is 15.9. The van der Waals surface area contributed by atoms with Crippen molar-refractivity contribution in [3.8, 4) is 0 Å². The van der Waals surface area contributed by atoms with Gasteiger partial charge in [-0.05, 0) is 49.2 Å². The average Bonchev–Trinajstić information content (AvgIpc) is 3.40. The fraction of sp³-hybridized carbons (Fsp3) is 0.476. The number of benzene rings is 1. The smallest absolute Gasteiger partial charge is 0.191 e. The highest BCUT2D eigenvalue weighted by Crippen LogP contribution is 2.24. The number of nitrogens with one attached hydrogen (secondary N) is 2. The van der Waals surface area contributed by atoms with E-state index in [0.717, 1.165) is 37.9 Å². The number of methoxy groups -OCH3 is 1. The summed E-state index contributed by atoms with van der Waals surface area (Å²) in [6, 6.07) is 12.7. The molecule has 0 radical (unpaired) electrons. The van der Waals surface area contributed by atoms with Gasteiger partial charge in [0.1, 0.15) is 5.76 Å². The van der Waals surface area contributed by atoms with Crippen molar-refractivity contribution in [2.45, 2.75) is 32.0 Å². The Morgan fingerprint density at radius 3 is 2.46 bits per heavy atom. The Morgan fingerprint density at radius 1 is 1.14 bits per heavy atom. The van der Waals surface area contributed by atoms with E-state index in [9.17, 15) is 0 Å². The Balaban J connectivity index is 0.00000280. The molecule has 0 saturated carbocycles. The van der Waals surface area contributed by atoms with Gasteiger partial charge in [0.2, 0.25) is 0 Å². The largest absolute Gasteiger partial charge is 0.468 e. The molecule has 1 aliphatic rings. The number of ether oxygens (including phenoxy) is 1. The third-order valence-corrected chi connectivity index (χ3v) is 4.93. The predicted molar refractivity (Wildman–Crippen MR) is 123 cm³/mol. The van der Waals surface area contributed by atoms with Gasteiger partial charge in [0.05, 0.1) is 18.9 Å². The van der Waals surface area contributed by atoms with Crippen LogP contribution in [0.3, 0.4) is 0 Å². The van der Waals surface area contributed by atoms with Gasteiger partial charge in [0.25, 0.3) is 0 Å². The van der Waals surface area contributed by atoms with Crippen molar-refractivity contribution < 1.29 is 9.15 Å². The summed E-state index contributed by atoms with van der Waals surface area (Å²) in [6.07, 6.45) is 4.26.